The zero-order valence-electron chi connectivity index (χ0n) is 18.3. The smallest absolute Gasteiger partial charge is 0.259 e. The van der Waals surface area contributed by atoms with Crippen molar-refractivity contribution in [1.82, 2.24) is 14.8 Å². The predicted octanol–water partition coefficient (Wildman–Crippen LogP) is 2.40. The number of aliphatic hydroxyl groups excluding tert-OH is 1. The molecule has 1 aromatic heterocycles. The van der Waals surface area contributed by atoms with Gasteiger partial charge in [-0.25, -0.2) is 9.37 Å². The quantitative estimate of drug-likeness (QED) is 0.762. The number of likely N-dealkylation sites (N-methyl/N-ethyl adjacent to an activating group) is 1. The SMILES string of the molecule is C[C@@H]1CN([C@H](C)CO)C(=O)c2cc(C#Cc3ccc(F)cc3)cnc2O[C@@H]1CN(C)C. The van der Waals surface area contributed by atoms with Crippen molar-refractivity contribution in [2.75, 3.05) is 33.8 Å². The standard InChI is InChI=1S/C24H28FN3O3/c1-16-13-28(17(2)15-29)24(30)21-11-19(6-5-18-7-9-20(25)10-8-18)12-26-23(21)31-22(16)14-27(3)4/h7-12,16-17,22,29H,13-15H2,1-4H3/t16-,17-,22-/m1/s1. The number of nitrogens with zero attached hydrogens (tertiary/aromatic N) is 3. The summed E-state index contributed by atoms with van der Waals surface area (Å²) in [5.74, 6) is 5.68. The van der Waals surface area contributed by atoms with Crippen molar-refractivity contribution in [2.24, 2.45) is 5.92 Å². The van der Waals surface area contributed by atoms with Crippen LogP contribution in [0.4, 0.5) is 4.39 Å². The number of aromatic nitrogens is 1. The Hall–Kier alpha value is -2.95. The summed E-state index contributed by atoms with van der Waals surface area (Å²) in [7, 11) is 3.94. The van der Waals surface area contributed by atoms with Crippen LogP contribution >= 0.6 is 0 Å². The average Bonchev–Trinajstić information content (AvgIpc) is 2.75. The third kappa shape index (κ3) is 5.60. The summed E-state index contributed by atoms with van der Waals surface area (Å²) in [5.41, 5.74) is 1.53. The Morgan fingerprint density at radius 3 is 2.61 bits per heavy atom. The van der Waals surface area contributed by atoms with E-state index >= 15 is 0 Å². The van der Waals surface area contributed by atoms with E-state index in [9.17, 15) is 14.3 Å². The van der Waals surface area contributed by atoms with E-state index in [0.717, 1.165) is 0 Å². The molecule has 6 nitrogen and oxygen atoms in total. The third-order valence-corrected chi connectivity index (χ3v) is 5.26. The van der Waals surface area contributed by atoms with E-state index in [-0.39, 0.29) is 42.3 Å². The summed E-state index contributed by atoms with van der Waals surface area (Å²) in [6.07, 6.45) is 1.40. The van der Waals surface area contributed by atoms with Crippen molar-refractivity contribution in [3.63, 3.8) is 0 Å². The van der Waals surface area contributed by atoms with Gasteiger partial charge < -0.3 is 19.6 Å². The molecule has 1 N–H and O–H groups in total. The van der Waals surface area contributed by atoms with E-state index in [1.54, 1.807) is 29.3 Å². The number of fused-ring (bicyclic) bond motifs is 1. The highest BCUT2D eigenvalue weighted by Gasteiger charge is 2.33. The zero-order valence-corrected chi connectivity index (χ0v) is 18.3. The summed E-state index contributed by atoms with van der Waals surface area (Å²) in [5, 5.41) is 9.70. The second-order valence-electron chi connectivity index (χ2n) is 8.22. The zero-order chi connectivity index (χ0) is 22.5. The van der Waals surface area contributed by atoms with Crippen LogP contribution in [-0.2, 0) is 0 Å². The fourth-order valence-corrected chi connectivity index (χ4v) is 3.43. The van der Waals surface area contributed by atoms with Gasteiger partial charge >= 0.3 is 0 Å². The van der Waals surface area contributed by atoms with Crippen LogP contribution in [0, 0.1) is 23.6 Å². The van der Waals surface area contributed by atoms with Crippen LogP contribution in [0.1, 0.15) is 35.3 Å². The van der Waals surface area contributed by atoms with Gasteiger partial charge in [0.15, 0.2) is 0 Å². The number of pyridine rings is 1. The largest absolute Gasteiger partial charge is 0.472 e. The lowest BCUT2D eigenvalue weighted by atomic mass is 10.00. The first kappa shape index (κ1) is 22.7. The molecule has 0 spiro atoms. The van der Waals surface area contributed by atoms with Crippen LogP contribution in [0.2, 0.25) is 0 Å². The summed E-state index contributed by atoms with van der Waals surface area (Å²) in [4.78, 5) is 21.4. The Balaban J connectivity index is 1.99. The fraction of sp³-hybridized carbons (Fsp3) is 0.417. The predicted molar refractivity (Wildman–Crippen MR) is 116 cm³/mol. The summed E-state index contributed by atoms with van der Waals surface area (Å²) in [6.45, 7) is 4.85. The Morgan fingerprint density at radius 1 is 1.29 bits per heavy atom. The number of amides is 1. The molecule has 0 bridgehead atoms. The highest BCUT2D eigenvalue weighted by molar-refractivity contribution is 5.97. The minimum Gasteiger partial charge on any atom is -0.472 e. The number of carbonyl (C=O) groups is 1. The molecule has 0 unspecified atom stereocenters. The first-order valence-electron chi connectivity index (χ1n) is 10.3. The molecule has 3 rings (SSSR count). The molecule has 2 aromatic rings. The van der Waals surface area contributed by atoms with Crippen LogP contribution < -0.4 is 4.74 Å². The molecule has 3 atom stereocenters. The molecular weight excluding hydrogens is 397 g/mol. The molecule has 0 aliphatic carbocycles. The van der Waals surface area contributed by atoms with Crippen molar-refractivity contribution >= 4 is 5.91 Å². The number of aliphatic hydroxyl groups is 1. The Bertz CT molecular complexity index is 982. The van der Waals surface area contributed by atoms with E-state index in [2.05, 4.69) is 16.8 Å². The molecule has 7 heteroatoms. The molecule has 2 heterocycles. The maximum atomic E-state index is 13.3. The second kappa shape index (κ2) is 9.90. The number of ether oxygens (including phenoxy) is 1. The topological polar surface area (TPSA) is 65.9 Å². The number of carbonyl (C=O) groups excluding carboxylic acids is 1. The number of rotatable bonds is 4. The summed E-state index contributed by atoms with van der Waals surface area (Å²) < 4.78 is 19.3. The first-order valence-corrected chi connectivity index (χ1v) is 10.3. The van der Waals surface area contributed by atoms with Gasteiger partial charge in [0.1, 0.15) is 17.5 Å². The van der Waals surface area contributed by atoms with E-state index in [1.165, 1.54) is 12.1 Å². The number of benzene rings is 1. The van der Waals surface area contributed by atoms with E-state index in [1.807, 2.05) is 32.8 Å². The monoisotopic (exact) mass is 425 g/mol. The van der Waals surface area contributed by atoms with Crippen LogP contribution in [0.3, 0.4) is 0 Å². The molecule has 0 saturated heterocycles. The van der Waals surface area contributed by atoms with Gasteiger partial charge in [-0.05, 0) is 51.4 Å². The average molecular weight is 426 g/mol. The fourth-order valence-electron chi connectivity index (χ4n) is 3.43. The van der Waals surface area contributed by atoms with Gasteiger partial charge in [-0.1, -0.05) is 18.8 Å². The molecular formula is C24H28FN3O3. The second-order valence-corrected chi connectivity index (χ2v) is 8.22. The maximum Gasteiger partial charge on any atom is 0.259 e. The number of hydrogen-bond acceptors (Lipinski definition) is 5. The van der Waals surface area contributed by atoms with Crippen LogP contribution in [-0.4, -0.2) is 71.7 Å². The van der Waals surface area contributed by atoms with Gasteiger partial charge in [0.05, 0.1) is 12.6 Å². The molecule has 164 valence electrons. The third-order valence-electron chi connectivity index (χ3n) is 5.26. The van der Waals surface area contributed by atoms with Crippen molar-refractivity contribution in [1.29, 1.82) is 0 Å². The van der Waals surface area contributed by atoms with E-state index in [0.29, 0.717) is 29.8 Å². The van der Waals surface area contributed by atoms with E-state index < -0.39 is 0 Å². The van der Waals surface area contributed by atoms with Crippen molar-refractivity contribution < 1.29 is 19.0 Å². The Morgan fingerprint density at radius 2 is 1.97 bits per heavy atom. The normalized spacial score (nSPS) is 19.6. The molecule has 1 aromatic carbocycles. The summed E-state index contributed by atoms with van der Waals surface area (Å²) in [6, 6.07) is 7.21. The van der Waals surface area contributed by atoms with Crippen LogP contribution in [0.5, 0.6) is 5.88 Å². The highest BCUT2D eigenvalue weighted by Crippen LogP contribution is 2.27. The van der Waals surface area contributed by atoms with Crippen molar-refractivity contribution in [2.45, 2.75) is 26.0 Å². The Kier molecular flexibility index (Phi) is 7.26. The van der Waals surface area contributed by atoms with Crippen molar-refractivity contribution in [3.05, 3.63) is 59.0 Å². The maximum absolute atomic E-state index is 13.3. The lowest BCUT2D eigenvalue weighted by molar-refractivity contribution is 0.0348. The lowest BCUT2D eigenvalue weighted by Gasteiger charge is -2.37. The van der Waals surface area contributed by atoms with Gasteiger partial charge in [-0.2, -0.15) is 0 Å². The van der Waals surface area contributed by atoms with Crippen LogP contribution in [0.25, 0.3) is 0 Å². The minimum atomic E-state index is -0.338. The molecule has 0 fully saturated rings. The molecule has 31 heavy (non-hydrogen) atoms. The molecule has 1 amide bonds. The van der Waals surface area contributed by atoms with E-state index in [4.69, 9.17) is 4.74 Å². The van der Waals surface area contributed by atoms with Crippen molar-refractivity contribution in [3.8, 4) is 17.7 Å². The molecule has 0 saturated carbocycles. The molecule has 1 aliphatic rings. The number of halogens is 1. The van der Waals surface area contributed by atoms with Gasteiger partial charge in [0, 0.05) is 36.3 Å². The summed E-state index contributed by atoms with van der Waals surface area (Å²) >= 11 is 0. The number of hydrogen-bond donors (Lipinski definition) is 1. The van der Waals surface area contributed by atoms with Gasteiger partial charge in [-0.3, -0.25) is 4.79 Å². The Labute approximate surface area is 182 Å². The first-order chi connectivity index (χ1) is 14.8. The molecule has 0 radical (unpaired) electrons. The highest BCUT2D eigenvalue weighted by atomic mass is 19.1. The lowest BCUT2D eigenvalue weighted by Crippen LogP contribution is -2.49. The van der Waals surface area contributed by atoms with Gasteiger partial charge in [0.2, 0.25) is 5.88 Å². The van der Waals surface area contributed by atoms with Crippen LogP contribution in [0.15, 0.2) is 36.5 Å². The van der Waals surface area contributed by atoms with Gasteiger partial charge in [-0.15, -0.1) is 0 Å². The minimum absolute atomic E-state index is 0.0493. The molecule has 1 aliphatic heterocycles. The van der Waals surface area contributed by atoms with Gasteiger partial charge in [0.25, 0.3) is 5.91 Å².